The zero-order chi connectivity index (χ0) is 16.0. The van der Waals surface area contributed by atoms with Crippen molar-refractivity contribution in [2.24, 2.45) is 11.8 Å². The van der Waals surface area contributed by atoms with Gasteiger partial charge in [0.15, 0.2) is 5.78 Å². The molecule has 112 valence electrons. The lowest BCUT2D eigenvalue weighted by Crippen LogP contribution is -2.30. The van der Waals surface area contributed by atoms with Crippen LogP contribution in [0.5, 0.6) is 5.75 Å². The molecule has 0 saturated heterocycles. The van der Waals surface area contributed by atoms with E-state index in [9.17, 15) is 9.59 Å². The standard InChI is InChI=1S/C17H21NO3/c1-5-14(13(4)15(19)8-9-18)17(20)21-16-10-11(2)6-7-12(16)3/h6-7,10,13-14H,5,8H2,1-4H3. The SMILES string of the molecule is CCC(C(=O)Oc1cc(C)ccc1C)C(C)C(=O)CC#N. The fraction of sp³-hybridized carbons (Fsp3) is 0.471. The topological polar surface area (TPSA) is 67.2 Å². The highest BCUT2D eigenvalue weighted by atomic mass is 16.5. The van der Waals surface area contributed by atoms with Gasteiger partial charge in [-0.05, 0) is 37.5 Å². The lowest BCUT2D eigenvalue weighted by atomic mass is 9.87. The number of hydrogen-bond acceptors (Lipinski definition) is 4. The van der Waals surface area contributed by atoms with Crippen LogP contribution in [0.2, 0.25) is 0 Å². The number of carbonyl (C=O) groups is 2. The maximum atomic E-state index is 12.3. The Hall–Kier alpha value is -2.15. The zero-order valence-electron chi connectivity index (χ0n) is 13.0. The molecule has 0 aliphatic rings. The van der Waals surface area contributed by atoms with Crippen molar-refractivity contribution in [1.82, 2.24) is 0 Å². The number of nitriles is 1. The fourth-order valence-corrected chi connectivity index (χ4v) is 2.19. The van der Waals surface area contributed by atoms with Gasteiger partial charge in [-0.3, -0.25) is 9.59 Å². The van der Waals surface area contributed by atoms with E-state index in [4.69, 9.17) is 10.00 Å². The number of ketones is 1. The van der Waals surface area contributed by atoms with E-state index in [1.165, 1.54) is 0 Å². The highest BCUT2D eigenvalue weighted by Crippen LogP contribution is 2.24. The Morgan fingerprint density at radius 3 is 2.57 bits per heavy atom. The largest absolute Gasteiger partial charge is 0.426 e. The van der Waals surface area contributed by atoms with Crippen molar-refractivity contribution >= 4 is 11.8 Å². The monoisotopic (exact) mass is 287 g/mol. The van der Waals surface area contributed by atoms with Crippen molar-refractivity contribution < 1.29 is 14.3 Å². The molecule has 0 spiro atoms. The quantitative estimate of drug-likeness (QED) is 0.594. The predicted molar refractivity (Wildman–Crippen MR) is 79.7 cm³/mol. The molecule has 1 aromatic rings. The summed E-state index contributed by atoms with van der Waals surface area (Å²) in [7, 11) is 0. The van der Waals surface area contributed by atoms with E-state index >= 15 is 0 Å². The Labute approximate surface area is 125 Å². The highest BCUT2D eigenvalue weighted by molar-refractivity contribution is 5.88. The predicted octanol–water partition coefficient (Wildman–Crippen LogP) is 3.35. The van der Waals surface area contributed by atoms with E-state index in [0.717, 1.165) is 11.1 Å². The van der Waals surface area contributed by atoms with E-state index in [-0.39, 0.29) is 12.2 Å². The number of aryl methyl sites for hydroxylation is 2. The van der Waals surface area contributed by atoms with Gasteiger partial charge in [-0.25, -0.2) is 0 Å². The van der Waals surface area contributed by atoms with Gasteiger partial charge >= 0.3 is 5.97 Å². The van der Waals surface area contributed by atoms with Gasteiger partial charge in [0.05, 0.1) is 18.4 Å². The van der Waals surface area contributed by atoms with E-state index in [1.54, 1.807) is 6.92 Å². The van der Waals surface area contributed by atoms with Crippen molar-refractivity contribution in [3.63, 3.8) is 0 Å². The number of benzene rings is 1. The smallest absolute Gasteiger partial charge is 0.315 e. The number of rotatable bonds is 6. The van der Waals surface area contributed by atoms with Crippen LogP contribution in [-0.4, -0.2) is 11.8 Å². The molecular weight excluding hydrogens is 266 g/mol. The molecule has 1 aromatic carbocycles. The third-order valence-electron chi connectivity index (χ3n) is 3.66. The second-order valence-corrected chi connectivity index (χ2v) is 5.29. The van der Waals surface area contributed by atoms with Crippen LogP contribution in [0.15, 0.2) is 18.2 Å². The Morgan fingerprint density at radius 2 is 2.00 bits per heavy atom. The first kappa shape index (κ1) is 16.9. The molecule has 0 fully saturated rings. The molecule has 0 N–H and O–H groups in total. The van der Waals surface area contributed by atoms with E-state index in [0.29, 0.717) is 12.2 Å². The van der Waals surface area contributed by atoms with Crippen molar-refractivity contribution in [3.8, 4) is 11.8 Å². The summed E-state index contributed by atoms with van der Waals surface area (Å²) in [4.78, 5) is 24.1. The molecule has 0 aliphatic heterocycles. The van der Waals surface area contributed by atoms with Gasteiger partial charge in [0.1, 0.15) is 5.75 Å². The van der Waals surface area contributed by atoms with Crippen LogP contribution in [0, 0.1) is 37.0 Å². The van der Waals surface area contributed by atoms with Crippen molar-refractivity contribution in [1.29, 1.82) is 5.26 Å². The van der Waals surface area contributed by atoms with Crippen molar-refractivity contribution in [3.05, 3.63) is 29.3 Å². The molecule has 1 rings (SSSR count). The average Bonchev–Trinajstić information content (AvgIpc) is 2.43. The summed E-state index contributed by atoms with van der Waals surface area (Å²) < 4.78 is 5.45. The number of esters is 1. The molecular formula is C17H21NO3. The van der Waals surface area contributed by atoms with Gasteiger partial charge in [-0.2, -0.15) is 5.26 Å². The normalized spacial score (nSPS) is 13.1. The fourth-order valence-electron chi connectivity index (χ4n) is 2.19. The van der Waals surface area contributed by atoms with Gasteiger partial charge < -0.3 is 4.74 Å². The van der Waals surface area contributed by atoms with Gasteiger partial charge in [-0.15, -0.1) is 0 Å². The lowest BCUT2D eigenvalue weighted by Gasteiger charge is -2.20. The first-order valence-electron chi connectivity index (χ1n) is 7.09. The molecule has 0 aliphatic carbocycles. The second kappa shape index (κ2) is 7.58. The van der Waals surface area contributed by atoms with Gasteiger partial charge in [0, 0.05) is 5.92 Å². The van der Waals surface area contributed by atoms with Crippen LogP contribution in [0.1, 0.15) is 37.8 Å². The van der Waals surface area contributed by atoms with Crippen LogP contribution in [0.4, 0.5) is 0 Å². The third-order valence-corrected chi connectivity index (χ3v) is 3.66. The minimum atomic E-state index is -0.522. The Balaban J connectivity index is 2.87. The summed E-state index contributed by atoms with van der Waals surface area (Å²) in [6.45, 7) is 7.31. The molecule has 0 bridgehead atoms. The molecule has 4 nitrogen and oxygen atoms in total. The molecule has 0 heterocycles. The van der Waals surface area contributed by atoms with Gasteiger partial charge in [-0.1, -0.05) is 26.0 Å². The van der Waals surface area contributed by atoms with E-state index in [2.05, 4.69) is 0 Å². The highest BCUT2D eigenvalue weighted by Gasteiger charge is 2.30. The summed E-state index contributed by atoms with van der Waals surface area (Å²) >= 11 is 0. The number of Topliss-reactive ketones (excluding diaryl/α,β-unsaturated/α-hetero) is 1. The number of nitrogens with zero attached hydrogens (tertiary/aromatic N) is 1. The minimum Gasteiger partial charge on any atom is -0.426 e. The maximum absolute atomic E-state index is 12.3. The number of carbonyl (C=O) groups excluding carboxylic acids is 2. The van der Waals surface area contributed by atoms with Crippen LogP contribution >= 0.6 is 0 Å². The molecule has 0 amide bonds. The first-order chi connectivity index (χ1) is 9.90. The molecule has 2 unspecified atom stereocenters. The Morgan fingerprint density at radius 1 is 1.33 bits per heavy atom. The molecule has 2 atom stereocenters. The van der Waals surface area contributed by atoms with Gasteiger partial charge in [0.2, 0.25) is 0 Å². The number of ether oxygens (including phenoxy) is 1. The first-order valence-corrected chi connectivity index (χ1v) is 7.09. The van der Waals surface area contributed by atoms with Gasteiger partial charge in [0.25, 0.3) is 0 Å². The summed E-state index contributed by atoms with van der Waals surface area (Å²) in [6, 6.07) is 7.48. The Kier molecular flexibility index (Phi) is 6.10. The zero-order valence-corrected chi connectivity index (χ0v) is 13.0. The molecule has 0 saturated carbocycles. The van der Waals surface area contributed by atoms with Crippen LogP contribution < -0.4 is 4.74 Å². The summed E-state index contributed by atoms with van der Waals surface area (Å²) in [5.74, 6) is -1.14. The lowest BCUT2D eigenvalue weighted by molar-refractivity contribution is -0.143. The van der Waals surface area contributed by atoms with E-state index in [1.807, 2.05) is 45.0 Å². The molecule has 0 aromatic heterocycles. The molecule has 0 radical (unpaired) electrons. The summed E-state index contributed by atoms with van der Waals surface area (Å²) in [6.07, 6.45) is 0.330. The molecule has 4 heteroatoms. The van der Waals surface area contributed by atoms with E-state index < -0.39 is 17.8 Å². The maximum Gasteiger partial charge on any atom is 0.315 e. The summed E-state index contributed by atoms with van der Waals surface area (Å²) in [5, 5.41) is 8.59. The van der Waals surface area contributed by atoms with Crippen LogP contribution in [0.3, 0.4) is 0 Å². The van der Waals surface area contributed by atoms with Crippen molar-refractivity contribution in [2.75, 3.05) is 0 Å². The van der Waals surface area contributed by atoms with Crippen molar-refractivity contribution in [2.45, 2.75) is 40.5 Å². The Bertz CT molecular complexity index is 572. The minimum absolute atomic E-state index is 0.172. The second-order valence-electron chi connectivity index (χ2n) is 5.29. The van der Waals surface area contributed by atoms with Crippen LogP contribution in [0.25, 0.3) is 0 Å². The summed E-state index contributed by atoms with van der Waals surface area (Å²) in [5.41, 5.74) is 1.88. The third kappa shape index (κ3) is 4.42. The van der Waals surface area contributed by atoms with Crippen LogP contribution in [-0.2, 0) is 9.59 Å². The number of hydrogen-bond donors (Lipinski definition) is 0. The molecule has 21 heavy (non-hydrogen) atoms. The average molecular weight is 287 g/mol.